The van der Waals surface area contributed by atoms with Crippen LogP contribution >= 0.6 is 0 Å². The van der Waals surface area contributed by atoms with Crippen LogP contribution in [0.1, 0.15) is 30.7 Å². The number of nitrogens with one attached hydrogen (secondary N) is 1. The van der Waals surface area contributed by atoms with E-state index in [2.05, 4.69) is 5.32 Å². The highest BCUT2D eigenvalue weighted by molar-refractivity contribution is 5.76. The molecule has 1 aromatic carbocycles. The van der Waals surface area contributed by atoms with Crippen molar-refractivity contribution in [1.29, 1.82) is 0 Å². The topological polar surface area (TPSA) is 42.2 Å². The van der Waals surface area contributed by atoms with Gasteiger partial charge in [-0.05, 0) is 31.0 Å². The van der Waals surface area contributed by atoms with Gasteiger partial charge in [-0.1, -0.05) is 30.3 Å². The molecule has 3 heteroatoms. The molecule has 0 fully saturated rings. The third-order valence-electron chi connectivity index (χ3n) is 2.83. The summed E-state index contributed by atoms with van der Waals surface area (Å²) in [5.41, 5.74) is 1.18. The van der Waals surface area contributed by atoms with E-state index in [-0.39, 0.29) is 11.9 Å². The van der Waals surface area contributed by atoms with Crippen molar-refractivity contribution in [3.05, 3.63) is 60.1 Å². The minimum Gasteiger partial charge on any atom is -0.467 e. The number of hydrogen-bond donors (Lipinski definition) is 1. The van der Waals surface area contributed by atoms with Gasteiger partial charge in [-0.25, -0.2) is 0 Å². The van der Waals surface area contributed by atoms with E-state index in [1.165, 1.54) is 5.56 Å². The summed E-state index contributed by atoms with van der Waals surface area (Å²) >= 11 is 0. The van der Waals surface area contributed by atoms with Gasteiger partial charge in [0.15, 0.2) is 0 Å². The van der Waals surface area contributed by atoms with Gasteiger partial charge >= 0.3 is 0 Å². The molecule has 0 aliphatic rings. The smallest absolute Gasteiger partial charge is 0.220 e. The third-order valence-corrected chi connectivity index (χ3v) is 2.83. The first-order valence-corrected chi connectivity index (χ1v) is 6.12. The van der Waals surface area contributed by atoms with Crippen molar-refractivity contribution in [2.45, 2.75) is 25.8 Å². The van der Waals surface area contributed by atoms with E-state index < -0.39 is 0 Å². The van der Waals surface area contributed by atoms with Crippen LogP contribution in [0.3, 0.4) is 0 Å². The lowest BCUT2D eigenvalue weighted by molar-refractivity contribution is -0.121. The summed E-state index contributed by atoms with van der Waals surface area (Å²) in [6.07, 6.45) is 2.87. The fourth-order valence-electron chi connectivity index (χ4n) is 1.82. The molecule has 0 saturated heterocycles. The van der Waals surface area contributed by atoms with Crippen LogP contribution in [0.25, 0.3) is 0 Å². The Morgan fingerprint density at radius 1 is 1.22 bits per heavy atom. The van der Waals surface area contributed by atoms with E-state index in [0.29, 0.717) is 6.42 Å². The Morgan fingerprint density at radius 2 is 2.00 bits per heavy atom. The molecule has 1 N–H and O–H groups in total. The van der Waals surface area contributed by atoms with Crippen molar-refractivity contribution < 1.29 is 9.21 Å². The van der Waals surface area contributed by atoms with Crippen LogP contribution < -0.4 is 5.32 Å². The Labute approximate surface area is 107 Å². The lowest BCUT2D eigenvalue weighted by Crippen LogP contribution is -2.26. The molecule has 2 aromatic rings. The molecule has 0 spiro atoms. The van der Waals surface area contributed by atoms with Gasteiger partial charge in [0.05, 0.1) is 12.3 Å². The van der Waals surface area contributed by atoms with Crippen LogP contribution in [-0.2, 0) is 11.2 Å². The molecular formula is C15H17NO2. The Kier molecular flexibility index (Phi) is 4.18. The standard InChI is InChI=1S/C15H17NO2/c1-12(14-8-5-11-18-14)16-15(17)10-9-13-6-3-2-4-7-13/h2-8,11-12H,9-10H2,1H3,(H,16,17). The number of furan rings is 1. The van der Waals surface area contributed by atoms with Crippen LogP contribution in [0.2, 0.25) is 0 Å². The lowest BCUT2D eigenvalue weighted by atomic mass is 10.1. The second-order valence-corrected chi connectivity index (χ2v) is 4.29. The fraction of sp³-hybridized carbons (Fsp3) is 0.267. The highest BCUT2D eigenvalue weighted by Gasteiger charge is 2.11. The SMILES string of the molecule is CC(NC(=O)CCc1ccccc1)c1ccco1. The van der Waals surface area contributed by atoms with Crippen molar-refractivity contribution >= 4 is 5.91 Å². The molecule has 0 aliphatic carbocycles. The van der Waals surface area contributed by atoms with Crippen LogP contribution in [-0.4, -0.2) is 5.91 Å². The van der Waals surface area contributed by atoms with Crippen LogP contribution in [0.4, 0.5) is 0 Å². The molecule has 94 valence electrons. The molecule has 0 saturated carbocycles. The van der Waals surface area contributed by atoms with Gasteiger partial charge in [0.1, 0.15) is 5.76 Å². The van der Waals surface area contributed by atoms with Crippen LogP contribution in [0.5, 0.6) is 0 Å². The van der Waals surface area contributed by atoms with Crippen LogP contribution in [0.15, 0.2) is 53.1 Å². The first kappa shape index (κ1) is 12.4. The van der Waals surface area contributed by atoms with Crippen molar-refractivity contribution in [1.82, 2.24) is 5.32 Å². The van der Waals surface area contributed by atoms with E-state index in [0.717, 1.165) is 12.2 Å². The molecule has 1 heterocycles. The zero-order valence-corrected chi connectivity index (χ0v) is 10.4. The number of rotatable bonds is 5. The van der Waals surface area contributed by atoms with Gasteiger partial charge in [-0.15, -0.1) is 0 Å². The number of carbonyl (C=O) groups excluding carboxylic acids is 1. The number of hydrogen-bond acceptors (Lipinski definition) is 2. The van der Waals surface area contributed by atoms with Crippen LogP contribution in [0, 0.1) is 0 Å². The number of amides is 1. The molecule has 3 nitrogen and oxygen atoms in total. The fourth-order valence-corrected chi connectivity index (χ4v) is 1.82. The second-order valence-electron chi connectivity index (χ2n) is 4.29. The molecule has 1 atom stereocenters. The molecule has 1 unspecified atom stereocenters. The van der Waals surface area contributed by atoms with Crippen molar-refractivity contribution in [3.8, 4) is 0 Å². The highest BCUT2D eigenvalue weighted by Crippen LogP contribution is 2.12. The maximum atomic E-state index is 11.8. The first-order valence-electron chi connectivity index (χ1n) is 6.12. The summed E-state index contributed by atoms with van der Waals surface area (Å²) in [5.74, 6) is 0.825. The molecule has 18 heavy (non-hydrogen) atoms. The molecule has 1 aromatic heterocycles. The number of carbonyl (C=O) groups is 1. The average molecular weight is 243 g/mol. The molecule has 0 bridgehead atoms. The van der Waals surface area contributed by atoms with Gasteiger partial charge in [0, 0.05) is 6.42 Å². The molecular weight excluding hydrogens is 226 g/mol. The highest BCUT2D eigenvalue weighted by atomic mass is 16.3. The van der Waals surface area contributed by atoms with E-state index >= 15 is 0 Å². The Hall–Kier alpha value is -2.03. The first-order chi connectivity index (χ1) is 8.75. The van der Waals surface area contributed by atoms with Gasteiger partial charge in [-0.2, -0.15) is 0 Å². The van der Waals surface area contributed by atoms with E-state index in [9.17, 15) is 4.79 Å². The lowest BCUT2D eigenvalue weighted by Gasteiger charge is -2.11. The van der Waals surface area contributed by atoms with E-state index in [1.54, 1.807) is 6.26 Å². The van der Waals surface area contributed by atoms with E-state index in [1.807, 2.05) is 49.4 Å². The van der Waals surface area contributed by atoms with Crippen molar-refractivity contribution in [2.75, 3.05) is 0 Å². The zero-order chi connectivity index (χ0) is 12.8. The quantitative estimate of drug-likeness (QED) is 0.876. The van der Waals surface area contributed by atoms with Crippen molar-refractivity contribution in [3.63, 3.8) is 0 Å². The summed E-state index contributed by atoms with van der Waals surface area (Å²) in [6, 6.07) is 13.6. The summed E-state index contributed by atoms with van der Waals surface area (Å²) in [5, 5.41) is 2.92. The predicted octanol–water partition coefficient (Wildman–Crippen LogP) is 3.09. The third kappa shape index (κ3) is 3.48. The molecule has 0 radical (unpaired) electrons. The van der Waals surface area contributed by atoms with Gasteiger partial charge in [0.25, 0.3) is 0 Å². The normalized spacial score (nSPS) is 12.1. The second kappa shape index (κ2) is 6.05. The van der Waals surface area contributed by atoms with Crippen molar-refractivity contribution in [2.24, 2.45) is 0 Å². The molecule has 0 aliphatic heterocycles. The number of benzene rings is 1. The minimum absolute atomic E-state index is 0.0442. The van der Waals surface area contributed by atoms with Gasteiger partial charge in [-0.3, -0.25) is 4.79 Å². The minimum atomic E-state index is -0.0803. The number of aryl methyl sites for hydroxylation is 1. The Bertz CT molecular complexity index is 476. The van der Waals surface area contributed by atoms with E-state index in [4.69, 9.17) is 4.42 Å². The maximum absolute atomic E-state index is 11.8. The maximum Gasteiger partial charge on any atom is 0.220 e. The monoisotopic (exact) mass is 243 g/mol. The Morgan fingerprint density at radius 3 is 2.67 bits per heavy atom. The summed E-state index contributed by atoms with van der Waals surface area (Å²) in [7, 11) is 0. The predicted molar refractivity (Wildman–Crippen MR) is 70.0 cm³/mol. The summed E-state index contributed by atoms with van der Waals surface area (Å²) < 4.78 is 5.24. The largest absolute Gasteiger partial charge is 0.467 e. The van der Waals surface area contributed by atoms with Gasteiger partial charge in [0.2, 0.25) is 5.91 Å². The summed E-state index contributed by atoms with van der Waals surface area (Å²) in [4.78, 5) is 11.8. The van der Waals surface area contributed by atoms with Gasteiger partial charge < -0.3 is 9.73 Å². The Balaban J connectivity index is 1.79. The summed E-state index contributed by atoms with van der Waals surface area (Å²) in [6.45, 7) is 1.92. The molecule has 1 amide bonds. The molecule has 2 rings (SSSR count). The zero-order valence-electron chi connectivity index (χ0n) is 10.4. The average Bonchev–Trinajstić information content (AvgIpc) is 2.91.